The quantitative estimate of drug-likeness (QED) is 0.652. The number of aliphatic hydroxyl groups excluding tert-OH is 2. The van der Waals surface area contributed by atoms with Crippen LogP contribution in [0.1, 0.15) is 22.3 Å². The summed E-state index contributed by atoms with van der Waals surface area (Å²) < 4.78 is 25.4. The van der Waals surface area contributed by atoms with E-state index in [9.17, 15) is 18.3 Å². The van der Waals surface area contributed by atoms with Crippen LogP contribution < -0.4 is 5.32 Å². The van der Waals surface area contributed by atoms with Gasteiger partial charge in [-0.1, -0.05) is 42.5 Å². The molecular weight excluding hydrogens is 342 g/mol. The summed E-state index contributed by atoms with van der Waals surface area (Å²) in [5.74, 6) is -0.723. The molecule has 6 nitrogen and oxygen atoms in total. The van der Waals surface area contributed by atoms with Gasteiger partial charge in [-0.15, -0.1) is 0 Å². The van der Waals surface area contributed by atoms with Crippen molar-refractivity contribution in [2.75, 3.05) is 13.2 Å². The van der Waals surface area contributed by atoms with E-state index in [1.165, 1.54) is 12.1 Å². The Hall–Kier alpha value is -2.22. The Morgan fingerprint density at radius 2 is 1.68 bits per heavy atom. The lowest BCUT2D eigenvalue weighted by Gasteiger charge is -2.12. The van der Waals surface area contributed by atoms with E-state index in [1.807, 2.05) is 0 Å². The van der Waals surface area contributed by atoms with Crippen LogP contribution in [0.2, 0.25) is 0 Å². The fourth-order valence-corrected chi connectivity index (χ4v) is 3.90. The number of aliphatic hydroxyl groups is 2. The molecule has 0 aliphatic rings. The van der Waals surface area contributed by atoms with Crippen LogP contribution in [0.4, 0.5) is 0 Å². The van der Waals surface area contributed by atoms with Crippen LogP contribution in [-0.4, -0.2) is 43.8 Å². The first-order valence-corrected chi connectivity index (χ1v) is 9.52. The number of carbonyl (C=O) groups is 1. The second-order valence-corrected chi connectivity index (χ2v) is 7.58. The lowest BCUT2D eigenvalue weighted by Crippen LogP contribution is -2.29. The largest absolute Gasteiger partial charge is 0.394 e. The smallest absolute Gasteiger partial charge is 0.252 e. The van der Waals surface area contributed by atoms with Gasteiger partial charge in [-0.05, 0) is 24.1 Å². The molecule has 0 aromatic heterocycles. The zero-order valence-electron chi connectivity index (χ0n) is 13.6. The Balaban J connectivity index is 2.18. The van der Waals surface area contributed by atoms with Crippen LogP contribution in [0.3, 0.4) is 0 Å². The van der Waals surface area contributed by atoms with Crippen molar-refractivity contribution < 1.29 is 23.4 Å². The van der Waals surface area contributed by atoms with Gasteiger partial charge >= 0.3 is 0 Å². The third-order valence-corrected chi connectivity index (χ3v) is 5.38. The Bertz CT molecular complexity index is 805. The molecule has 3 N–H and O–H groups in total. The van der Waals surface area contributed by atoms with Gasteiger partial charge in [0.15, 0.2) is 9.84 Å². The van der Waals surface area contributed by atoms with Gasteiger partial charge in [-0.25, -0.2) is 8.42 Å². The van der Waals surface area contributed by atoms with Crippen molar-refractivity contribution in [2.45, 2.75) is 23.2 Å². The van der Waals surface area contributed by atoms with E-state index in [4.69, 9.17) is 5.11 Å². The Morgan fingerprint density at radius 3 is 2.36 bits per heavy atom. The van der Waals surface area contributed by atoms with Crippen molar-refractivity contribution in [3.63, 3.8) is 0 Å². The van der Waals surface area contributed by atoms with E-state index in [2.05, 4.69) is 5.32 Å². The first-order chi connectivity index (χ1) is 11.9. The van der Waals surface area contributed by atoms with Gasteiger partial charge in [-0.3, -0.25) is 4.79 Å². The van der Waals surface area contributed by atoms with Crippen LogP contribution in [0.25, 0.3) is 0 Å². The zero-order chi connectivity index (χ0) is 18.3. The molecule has 0 saturated heterocycles. The highest BCUT2D eigenvalue weighted by molar-refractivity contribution is 7.90. The molecule has 25 heavy (non-hydrogen) atoms. The molecule has 0 spiro atoms. The van der Waals surface area contributed by atoms with Gasteiger partial charge in [0.25, 0.3) is 5.91 Å². The van der Waals surface area contributed by atoms with Gasteiger partial charge in [-0.2, -0.15) is 0 Å². The molecule has 0 aliphatic carbocycles. The molecule has 2 rings (SSSR count). The molecule has 0 aliphatic heterocycles. The fourth-order valence-electron chi connectivity index (χ4n) is 2.34. The molecule has 2 aromatic carbocycles. The lowest BCUT2D eigenvalue weighted by molar-refractivity contribution is 0.0833. The van der Waals surface area contributed by atoms with E-state index in [1.54, 1.807) is 42.5 Å². The van der Waals surface area contributed by atoms with Gasteiger partial charge in [0.05, 0.1) is 28.9 Å². The van der Waals surface area contributed by atoms with Crippen LogP contribution in [0, 0.1) is 0 Å². The number of rotatable bonds is 8. The lowest BCUT2D eigenvalue weighted by atomic mass is 10.2. The maximum Gasteiger partial charge on any atom is 0.252 e. The first-order valence-electron chi connectivity index (χ1n) is 7.87. The molecule has 1 amide bonds. The molecule has 0 unspecified atom stereocenters. The molecule has 2 aromatic rings. The second-order valence-electron chi connectivity index (χ2n) is 5.62. The summed E-state index contributed by atoms with van der Waals surface area (Å²) in [6.45, 7) is -0.258. The second kappa shape index (κ2) is 8.75. The maximum absolute atomic E-state index is 12.7. The number of nitrogens with one attached hydrogen (secondary N) is 1. The number of carbonyl (C=O) groups excluding carboxylic acids is 1. The number of benzene rings is 2. The van der Waals surface area contributed by atoms with Gasteiger partial charge in [0.2, 0.25) is 0 Å². The van der Waals surface area contributed by atoms with Crippen LogP contribution in [0.15, 0.2) is 59.5 Å². The summed E-state index contributed by atoms with van der Waals surface area (Å²) in [5.41, 5.74) is 0.709. The zero-order valence-corrected chi connectivity index (χ0v) is 14.4. The average molecular weight is 363 g/mol. The molecule has 0 bridgehead atoms. The van der Waals surface area contributed by atoms with Gasteiger partial charge < -0.3 is 15.5 Å². The molecular formula is C18H21NO5S. The number of sulfone groups is 1. The highest BCUT2D eigenvalue weighted by Crippen LogP contribution is 2.20. The highest BCUT2D eigenvalue weighted by atomic mass is 32.2. The van der Waals surface area contributed by atoms with E-state index in [-0.39, 0.29) is 29.2 Å². The minimum absolute atomic E-state index is 0.0286. The molecule has 0 fully saturated rings. The minimum atomic E-state index is -3.69. The summed E-state index contributed by atoms with van der Waals surface area (Å²) in [7, 11) is -3.69. The van der Waals surface area contributed by atoms with E-state index >= 15 is 0 Å². The third kappa shape index (κ3) is 5.38. The summed E-state index contributed by atoms with van der Waals surface area (Å²) in [6.07, 6.45) is -0.737. The molecule has 7 heteroatoms. The van der Waals surface area contributed by atoms with Crippen molar-refractivity contribution in [1.29, 1.82) is 0 Å². The van der Waals surface area contributed by atoms with Crippen molar-refractivity contribution in [3.8, 4) is 0 Å². The van der Waals surface area contributed by atoms with Crippen molar-refractivity contribution in [2.24, 2.45) is 0 Å². The monoisotopic (exact) mass is 363 g/mol. The number of hydrogen-bond acceptors (Lipinski definition) is 5. The van der Waals surface area contributed by atoms with Gasteiger partial charge in [0.1, 0.15) is 0 Å². The molecule has 0 heterocycles. The van der Waals surface area contributed by atoms with Gasteiger partial charge in [0, 0.05) is 6.54 Å². The topological polar surface area (TPSA) is 104 Å². The fraction of sp³-hybridized carbons (Fsp3) is 0.278. The van der Waals surface area contributed by atoms with E-state index < -0.39 is 28.5 Å². The minimum Gasteiger partial charge on any atom is -0.394 e. The average Bonchev–Trinajstić information content (AvgIpc) is 2.62. The van der Waals surface area contributed by atoms with Crippen molar-refractivity contribution in [3.05, 3.63) is 65.7 Å². The summed E-state index contributed by atoms with van der Waals surface area (Å²) >= 11 is 0. The molecule has 1 atom stereocenters. The van der Waals surface area contributed by atoms with Crippen LogP contribution in [-0.2, 0) is 15.6 Å². The molecule has 134 valence electrons. The Morgan fingerprint density at radius 1 is 1.04 bits per heavy atom. The predicted octanol–water partition coefficient (Wildman–Crippen LogP) is 1.13. The third-order valence-electron chi connectivity index (χ3n) is 3.64. The maximum atomic E-state index is 12.7. The van der Waals surface area contributed by atoms with Crippen molar-refractivity contribution >= 4 is 15.7 Å². The normalized spacial score (nSPS) is 12.6. The number of amides is 1. The van der Waals surface area contributed by atoms with E-state index in [0.717, 1.165) is 0 Å². The van der Waals surface area contributed by atoms with E-state index in [0.29, 0.717) is 5.56 Å². The summed E-state index contributed by atoms with van der Waals surface area (Å²) in [5, 5.41) is 20.6. The van der Waals surface area contributed by atoms with Crippen LogP contribution >= 0.6 is 0 Å². The standard InChI is InChI=1S/C18H21NO5S/c20-12-15(21)10-11-19-18(22)16-8-4-5-9-17(16)25(23,24)13-14-6-2-1-3-7-14/h1-9,15,20-21H,10-13H2,(H,19,22)/t15-/m0/s1. The SMILES string of the molecule is O=C(NCC[C@H](O)CO)c1ccccc1S(=O)(=O)Cc1ccccc1. The highest BCUT2D eigenvalue weighted by Gasteiger charge is 2.22. The number of hydrogen-bond donors (Lipinski definition) is 3. The summed E-state index contributed by atoms with van der Waals surface area (Å²) in [4.78, 5) is 12.3. The molecule has 0 radical (unpaired) electrons. The van der Waals surface area contributed by atoms with Crippen molar-refractivity contribution in [1.82, 2.24) is 5.32 Å². The Labute approximate surface area is 147 Å². The predicted molar refractivity (Wildman–Crippen MR) is 93.8 cm³/mol. The Kier molecular flexibility index (Phi) is 6.69. The molecule has 0 saturated carbocycles. The van der Waals surface area contributed by atoms with Crippen LogP contribution in [0.5, 0.6) is 0 Å². The first kappa shape index (κ1) is 19.1. The summed E-state index contributed by atoms with van der Waals surface area (Å²) in [6, 6.07) is 14.8.